The summed E-state index contributed by atoms with van der Waals surface area (Å²) in [6.07, 6.45) is 0.417. The summed E-state index contributed by atoms with van der Waals surface area (Å²) in [6.45, 7) is 5.62. The Morgan fingerprint density at radius 1 is 1.50 bits per heavy atom. The zero-order valence-electron chi connectivity index (χ0n) is 11.6. The molecule has 0 spiro atoms. The van der Waals surface area contributed by atoms with E-state index in [9.17, 15) is 9.59 Å². The van der Waals surface area contributed by atoms with E-state index >= 15 is 0 Å². The number of primary amides is 1. The van der Waals surface area contributed by atoms with Crippen LogP contribution in [0.25, 0.3) is 0 Å². The van der Waals surface area contributed by atoms with Gasteiger partial charge in [-0.2, -0.15) is 0 Å². The molecule has 0 aliphatic carbocycles. The van der Waals surface area contributed by atoms with E-state index in [4.69, 9.17) is 16.2 Å². The molecule has 0 aromatic carbocycles. The van der Waals surface area contributed by atoms with Gasteiger partial charge < -0.3 is 21.1 Å². The molecule has 0 saturated carbocycles. The highest BCUT2D eigenvalue weighted by molar-refractivity contribution is 7.19. The Morgan fingerprint density at radius 2 is 2.20 bits per heavy atom. The molecule has 7 heteroatoms. The molecule has 4 N–H and O–H groups in total. The molecule has 1 unspecified atom stereocenters. The summed E-state index contributed by atoms with van der Waals surface area (Å²) in [4.78, 5) is 26.0. The second-order valence-corrected chi connectivity index (χ2v) is 5.79. The number of rotatable bonds is 4. The number of nitrogen functional groups attached to an aromatic ring is 1. The summed E-state index contributed by atoms with van der Waals surface area (Å²) >= 11 is 1.25. The molecule has 2 heterocycles. The lowest BCUT2D eigenvalue weighted by Gasteiger charge is -2.32. The van der Waals surface area contributed by atoms with Crippen molar-refractivity contribution in [2.24, 2.45) is 5.73 Å². The number of ether oxygens (including phenoxy) is 1. The molecule has 1 aliphatic rings. The van der Waals surface area contributed by atoms with E-state index in [1.54, 1.807) is 6.92 Å². The van der Waals surface area contributed by atoms with Gasteiger partial charge >= 0.3 is 0 Å². The number of nitrogens with two attached hydrogens (primary N) is 2. The molecule has 1 atom stereocenters. The van der Waals surface area contributed by atoms with E-state index in [1.165, 1.54) is 11.3 Å². The van der Waals surface area contributed by atoms with Crippen LogP contribution in [-0.4, -0.2) is 37.5 Å². The first-order valence-corrected chi connectivity index (χ1v) is 7.39. The molecule has 2 rings (SSSR count). The molecule has 0 radical (unpaired) electrons. The fourth-order valence-electron chi connectivity index (χ4n) is 2.26. The topological polar surface area (TPSA) is 98.6 Å². The fourth-order valence-corrected chi connectivity index (χ4v) is 3.53. The monoisotopic (exact) mass is 297 g/mol. The smallest absolute Gasteiger partial charge is 0.253 e. The number of nitrogens with zero attached hydrogens (tertiary/aromatic N) is 1. The molecular formula is C13H19N3O3S. The lowest BCUT2D eigenvalue weighted by atomic mass is 10.1. The molecule has 110 valence electrons. The summed E-state index contributed by atoms with van der Waals surface area (Å²) < 4.78 is 5.48. The van der Waals surface area contributed by atoms with Crippen LogP contribution in [0.4, 0.5) is 10.7 Å². The average molecular weight is 297 g/mol. The fraction of sp³-hybridized carbons (Fsp3) is 0.538. The van der Waals surface area contributed by atoms with Crippen LogP contribution in [-0.2, 0) is 4.74 Å². The summed E-state index contributed by atoms with van der Waals surface area (Å²) in [5.74, 6) is -0.661. The van der Waals surface area contributed by atoms with E-state index < -0.39 is 5.91 Å². The van der Waals surface area contributed by atoms with E-state index in [1.807, 2.05) is 11.8 Å². The minimum absolute atomic E-state index is 0.0671. The molecule has 1 aromatic rings. The van der Waals surface area contributed by atoms with Gasteiger partial charge in [0.2, 0.25) is 0 Å². The maximum absolute atomic E-state index is 11.9. The summed E-state index contributed by atoms with van der Waals surface area (Å²) in [5.41, 5.74) is 11.9. The van der Waals surface area contributed by atoms with Crippen LogP contribution in [0.5, 0.6) is 0 Å². The second-order valence-electron chi connectivity index (χ2n) is 4.79. The number of hydrogen-bond donors (Lipinski definition) is 2. The van der Waals surface area contributed by atoms with Gasteiger partial charge in [0.15, 0.2) is 5.78 Å². The third-order valence-electron chi connectivity index (χ3n) is 3.28. The number of Topliss-reactive ketones (excluding diaryl/α,β-unsaturated/α-hetero) is 1. The highest BCUT2D eigenvalue weighted by Crippen LogP contribution is 2.39. The standard InChI is InChI=1S/C13H19N3O3S/c1-3-8(17)11-10(14)9(12(15)18)13(20-11)16-4-5-19-7(2)6-16/h7H,3-6,14H2,1-2H3,(H2,15,18). The predicted molar refractivity (Wildman–Crippen MR) is 79.5 cm³/mol. The van der Waals surface area contributed by atoms with Gasteiger partial charge in [0.1, 0.15) is 5.00 Å². The first-order valence-electron chi connectivity index (χ1n) is 6.57. The summed E-state index contributed by atoms with van der Waals surface area (Å²) in [5, 5.41) is 0.682. The minimum Gasteiger partial charge on any atom is -0.397 e. The van der Waals surface area contributed by atoms with Gasteiger partial charge in [-0.15, -0.1) is 11.3 Å². The average Bonchev–Trinajstić information content (AvgIpc) is 2.75. The van der Waals surface area contributed by atoms with Crippen molar-refractivity contribution < 1.29 is 14.3 Å². The van der Waals surface area contributed by atoms with Crippen molar-refractivity contribution in [1.29, 1.82) is 0 Å². The van der Waals surface area contributed by atoms with Crippen molar-refractivity contribution in [2.45, 2.75) is 26.4 Å². The molecule has 1 aromatic heterocycles. The summed E-state index contributed by atoms with van der Waals surface area (Å²) in [7, 11) is 0. The summed E-state index contributed by atoms with van der Waals surface area (Å²) in [6, 6.07) is 0. The number of anilines is 2. The maximum Gasteiger partial charge on any atom is 0.253 e. The number of hydrogen-bond acceptors (Lipinski definition) is 6. The Labute approximate surface area is 121 Å². The van der Waals surface area contributed by atoms with Gasteiger partial charge in [0.25, 0.3) is 5.91 Å². The van der Waals surface area contributed by atoms with Crippen molar-refractivity contribution in [3.63, 3.8) is 0 Å². The predicted octanol–water partition coefficient (Wildman–Crippen LogP) is 1.25. The first kappa shape index (κ1) is 14.8. The van der Waals surface area contributed by atoms with Crippen molar-refractivity contribution in [3.05, 3.63) is 10.4 Å². The van der Waals surface area contributed by atoms with Gasteiger partial charge in [-0.25, -0.2) is 0 Å². The van der Waals surface area contributed by atoms with Crippen LogP contribution in [0.15, 0.2) is 0 Å². The van der Waals surface area contributed by atoms with E-state index in [0.717, 1.165) is 0 Å². The Hall–Kier alpha value is -1.60. The van der Waals surface area contributed by atoms with Crippen molar-refractivity contribution >= 4 is 33.7 Å². The van der Waals surface area contributed by atoms with Gasteiger partial charge in [-0.1, -0.05) is 6.92 Å². The van der Waals surface area contributed by atoms with Gasteiger partial charge in [0.05, 0.1) is 28.8 Å². The lowest BCUT2D eigenvalue weighted by Crippen LogP contribution is -2.41. The second kappa shape index (κ2) is 5.80. The highest BCUT2D eigenvalue weighted by Gasteiger charge is 2.28. The molecule has 6 nitrogen and oxygen atoms in total. The van der Waals surface area contributed by atoms with Crippen LogP contribution in [0.3, 0.4) is 0 Å². The normalized spacial score (nSPS) is 19.1. The third kappa shape index (κ3) is 2.64. The van der Waals surface area contributed by atoms with Crippen LogP contribution in [0.2, 0.25) is 0 Å². The minimum atomic E-state index is -0.594. The van der Waals surface area contributed by atoms with Crippen molar-refractivity contribution in [1.82, 2.24) is 0 Å². The molecule has 1 saturated heterocycles. The van der Waals surface area contributed by atoms with E-state index in [2.05, 4.69) is 0 Å². The van der Waals surface area contributed by atoms with E-state index in [0.29, 0.717) is 36.0 Å². The Morgan fingerprint density at radius 3 is 2.75 bits per heavy atom. The number of carbonyl (C=O) groups excluding carboxylic acids is 2. The zero-order valence-corrected chi connectivity index (χ0v) is 12.5. The molecular weight excluding hydrogens is 278 g/mol. The van der Waals surface area contributed by atoms with Crippen LogP contribution < -0.4 is 16.4 Å². The third-order valence-corrected chi connectivity index (χ3v) is 4.58. The Balaban J connectivity index is 2.45. The van der Waals surface area contributed by atoms with Crippen LogP contribution in [0, 0.1) is 0 Å². The van der Waals surface area contributed by atoms with Gasteiger partial charge in [-0.05, 0) is 6.92 Å². The largest absolute Gasteiger partial charge is 0.397 e. The SMILES string of the molecule is CCC(=O)c1sc(N2CCOC(C)C2)c(C(N)=O)c1N. The molecule has 1 amide bonds. The lowest BCUT2D eigenvalue weighted by molar-refractivity contribution is 0.0533. The van der Waals surface area contributed by atoms with E-state index in [-0.39, 0.29) is 23.1 Å². The number of carbonyl (C=O) groups is 2. The number of ketones is 1. The van der Waals surface area contributed by atoms with Gasteiger partial charge in [-0.3, -0.25) is 9.59 Å². The molecule has 20 heavy (non-hydrogen) atoms. The molecule has 1 fully saturated rings. The number of morpholine rings is 1. The molecule has 1 aliphatic heterocycles. The number of thiophene rings is 1. The van der Waals surface area contributed by atoms with Crippen LogP contribution in [0.1, 0.15) is 40.3 Å². The molecule has 0 bridgehead atoms. The van der Waals surface area contributed by atoms with Gasteiger partial charge in [0, 0.05) is 19.5 Å². The maximum atomic E-state index is 11.9. The highest BCUT2D eigenvalue weighted by atomic mass is 32.1. The van der Waals surface area contributed by atoms with Crippen molar-refractivity contribution in [2.75, 3.05) is 30.3 Å². The number of amides is 1. The van der Waals surface area contributed by atoms with Crippen LogP contribution >= 0.6 is 11.3 Å². The quantitative estimate of drug-likeness (QED) is 0.815. The Bertz CT molecular complexity index is 541. The Kier molecular flexibility index (Phi) is 4.29. The van der Waals surface area contributed by atoms with Crippen molar-refractivity contribution in [3.8, 4) is 0 Å². The first-order chi connectivity index (χ1) is 9.45. The zero-order chi connectivity index (χ0) is 14.9.